The summed E-state index contributed by atoms with van der Waals surface area (Å²) < 4.78 is 9.01. The normalized spacial score (nSPS) is 15.6. The van der Waals surface area contributed by atoms with Gasteiger partial charge in [0, 0.05) is 66.5 Å². The number of rotatable bonds is 3. The first-order valence-corrected chi connectivity index (χ1v) is 21.1. The number of aromatic nitrogens is 2. The predicted molar refractivity (Wildman–Crippen MR) is 245 cm³/mol. The van der Waals surface area contributed by atoms with Crippen LogP contribution < -0.4 is 14.5 Å². The van der Waals surface area contributed by atoms with Crippen molar-refractivity contribution in [2.24, 2.45) is 0 Å². The Morgan fingerprint density at radius 1 is 0.623 bits per heavy atom. The van der Waals surface area contributed by atoms with Crippen molar-refractivity contribution in [3.8, 4) is 17.3 Å². The van der Waals surface area contributed by atoms with E-state index in [0.29, 0.717) is 11.5 Å². The molecule has 6 heteroatoms. The van der Waals surface area contributed by atoms with Crippen molar-refractivity contribution in [1.82, 2.24) is 9.55 Å². The van der Waals surface area contributed by atoms with Gasteiger partial charge in [0.2, 0.25) is 0 Å². The molecule has 6 aromatic carbocycles. The topological polar surface area (TPSA) is 33.5 Å². The van der Waals surface area contributed by atoms with E-state index in [1.807, 2.05) is 30.5 Å². The molecule has 0 saturated carbocycles. The third-order valence-corrected chi connectivity index (χ3v) is 13.5. The molecule has 308 valence electrons. The molecule has 0 amide bonds. The van der Waals surface area contributed by atoms with Gasteiger partial charge in [0.25, 0.3) is 0 Å². The zero-order valence-electron chi connectivity index (χ0n) is 36.2. The maximum Gasteiger partial charge on any atom is 0.135 e. The maximum absolute atomic E-state index is 6.84. The SMILES string of the molecule is CN1[CH-]N2c3[c-]c(Oc4[c-]c5c(cc4)c4ccccc4n5-c4ccccn4)ccc3C3(c4cc(C(C)(C)C)ccc4C(C)(C)c4ccc(C(C)(C)C)cc43)c3cccc1c32.[Pt]. The van der Waals surface area contributed by atoms with Crippen LogP contribution in [0.2, 0.25) is 0 Å². The summed E-state index contributed by atoms with van der Waals surface area (Å²) in [7, 11) is 2.15. The standard InChI is InChI=1S/C55H49N4O.Pt/c1-52(2,3)34-20-25-40-44(29-34)55(45-30-35(53(4,5)6)21-26-41(45)54(40,7)8)42-27-23-37(32-49(42)58-33-57(9)47-18-14-16-43(55)51(47)58)60-36-22-24-39-38-15-10-11-17-46(38)59(48(39)31-36)50-19-12-13-28-56-50;/h10-30,33H,1-9H3;/q-3;. The van der Waals surface area contributed by atoms with Crippen LogP contribution in [-0.4, -0.2) is 16.6 Å². The average Bonchev–Trinajstić information content (AvgIpc) is 3.75. The number of benzene rings is 6. The van der Waals surface area contributed by atoms with Crippen LogP contribution in [0.25, 0.3) is 27.6 Å². The van der Waals surface area contributed by atoms with Crippen molar-refractivity contribution >= 4 is 38.9 Å². The summed E-state index contributed by atoms with van der Waals surface area (Å²) >= 11 is 0. The largest absolute Gasteiger partial charge is 0.509 e. The first kappa shape index (κ1) is 39.5. The van der Waals surface area contributed by atoms with E-state index in [1.165, 1.54) is 55.9 Å². The molecule has 0 atom stereocenters. The van der Waals surface area contributed by atoms with Gasteiger partial charge in [-0.05, 0) is 86.5 Å². The maximum atomic E-state index is 6.84. The van der Waals surface area contributed by atoms with E-state index in [-0.39, 0.29) is 37.3 Å². The zero-order valence-corrected chi connectivity index (χ0v) is 38.5. The molecule has 4 heterocycles. The Kier molecular flexibility index (Phi) is 8.69. The van der Waals surface area contributed by atoms with Gasteiger partial charge in [0.15, 0.2) is 0 Å². The number of para-hydroxylation sites is 2. The second kappa shape index (κ2) is 13.4. The van der Waals surface area contributed by atoms with Crippen molar-refractivity contribution in [3.63, 3.8) is 0 Å². The molecule has 11 rings (SSSR count). The summed E-state index contributed by atoms with van der Waals surface area (Å²) in [5.74, 6) is 2.09. The van der Waals surface area contributed by atoms with Crippen molar-refractivity contribution in [3.05, 3.63) is 191 Å². The fourth-order valence-corrected chi connectivity index (χ4v) is 10.4. The van der Waals surface area contributed by atoms with Crippen LogP contribution in [0, 0.1) is 18.8 Å². The van der Waals surface area contributed by atoms with Gasteiger partial charge >= 0.3 is 0 Å². The molecule has 0 N–H and O–H groups in total. The average molecular weight is 977 g/mol. The van der Waals surface area contributed by atoms with Gasteiger partial charge in [-0.2, -0.15) is 18.8 Å². The fraction of sp³-hybridized carbons (Fsp3) is 0.236. The Bertz CT molecular complexity index is 3010. The monoisotopic (exact) mass is 976 g/mol. The van der Waals surface area contributed by atoms with E-state index in [0.717, 1.165) is 33.3 Å². The van der Waals surface area contributed by atoms with Crippen molar-refractivity contribution in [1.29, 1.82) is 0 Å². The molecular weight excluding hydrogens is 928 g/mol. The van der Waals surface area contributed by atoms with Gasteiger partial charge < -0.3 is 19.1 Å². The van der Waals surface area contributed by atoms with Crippen molar-refractivity contribution < 1.29 is 25.8 Å². The number of hydrogen-bond donors (Lipinski definition) is 0. The number of pyridine rings is 1. The Morgan fingerprint density at radius 2 is 1.26 bits per heavy atom. The summed E-state index contributed by atoms with van der Waals surface area (Å²) in [4.78, 5) is 9.31. The van der Waals surface area contributed by atoms with Gasteiger partial charge in [-0.25, -0.2) is 4.98 Å². The van der Waals surface area contributed by atoms with Crippen LogP contribution >= 0.6 is 0 Å². The molecule has 2 aromatic heterocycles. The molecular formula is C55H49N4OPt-3. The Balaban J connectivity index is 0.00000445. The van der Waals surface area contributed by atoms with Crippen LogP contribution in [0.1, 0.15) is 99.9 Å². The molecule has 3 aliphatic rings. The molecule has 0 fully saturated rings. The molecule has 61 heavy (non-hydrogen) atoms. The minimum absolute atomic E-state index is 0. The van der Waals surface area contributed by atoms with Crippen LogP contribution in [0.5, 0.6) is 11.5 Å². The van der Waals surface area contributed by atoms with Crippen LogP contribution in [0.15, 0.2) is 128 Å². The Hall–Kier alpha value is -5.64. The zero-order chi connectivity index (χ0) is 41.5. The van der Waals surface area contributed by atoms with E-state index in [9.17, 15) is 0 Å². The second-order valence-corrected chi connectivity index (χ2v) is 19.5. The summed E-state index contributed by atoms with van der Waals surface area (Å²) in [6.45, 7) is 20.9. The van der Waals surface area contributed by atoms with E-state index in [2.05, 4.69) is 193 Å². The molecule has 1 aliphatic carbocycles. The van der Waals surface area contributed by atoms with E-state index in [4.69, 9.17) is 9.72 Å². The Morgan fingerprint density at radius 3 is 1.93 bits per heavy atom. The number of fused-ring (bicyclic) bond motifs is 11. The molecule has 8 aromatic rings. The molecule has 0 radical (unpaired) electrons. The summed E-state index contributed by atoms with van der Waals surface area (Å²) in [6, 6.07) is 52.0. The van der Waals surface area contributed by atoms with Gasteiger partial charge in [0.05, 0.1) is 0 Å². The first-order valence-electron chi connectivity index (χ1n) is 21.1. The molecule has 0 unspecified atom stereocenters. The Labute approximate surface area is 374 Å². The fourth-order valence-electron chi connectivity index (χ4n) is 10.4. The minimum atomic E-state index is -0.636. The summed E-state index contributed by atoms with van der Waals surface area (Å²) in [5.41, 5.74) is 14.9. The predicted octanol–water partition coefficient (Wildman–Crippen LogP) is 13.2. The van der Waals surface area contributed by atoms with Crippen LogP contribution in [0.4, 0.5) is 17.1 Å². The third kappa shape index (κ3) is 5.58. The van der Waals surface area contributed by atoms with E-state index >= 15 is 0 Å². The summed E-state index contributed by atoms with van der Waals surface area (Å²) in [6.07, 6.45) is 1.83. The minimum Gasteiger partial charge on any atom is -0.509 e. The van der Waals surface area contributed by atoms with Gasteiger partial charge in [-0.15, -0.1) is 35.2 Å². The molecule has 2 aliphatic heterocycles. The van der Waals surface area contributed by atoms with Crippen LogP contribution in [-0.2, 0) is 42.7 Å². The smallest absolute Gasteiger partial charge is 0.135 e. The van der Waals surface area contributed by atoms with Gasteiger partial charge in [0.1, 0.15) is 5.82 Å². The summed E-state index contributed by atoms with van der Waals surface area (Å²) in [5, 5.41) is 2.25. The molecule has 0 saturated heterocycles. The number of hydrogen-bond acceptors (Lipinski definition) is 4. The number of anilines is 3. The first-order chi connectivity index (χ1) is 28.7. The number of nitrogens with zero attached hydrogens (tertiary/aromatic N) is 4. The van der Waals surface area contributed by atoms with E-state index in [1.54, 1.807) is 0 Å². The van der Waals surface area contributed by atoms with Gasteiger partial charge in [-0.3, -0.25) is 0 Å². The van der Waals surface area contributed by atoms with E-state index < -0.39 is 5.41 Å². The van der Waals surface area contributed by atoms with Crippen molar-refractivity contribution in [2.45, 2.75) is 77.0 Å². The molecule has 0 bridgehead atoms. The number of ether oxygens (including phenoxy) is 1. The second-order valence-electron chi connectivity index (χ2n) is 19.5. The molecule has 5 nitrogen and oxygen atoms in total. The van der Waals surface area contributed by atoms with Crippen LogP contribution in [0.3, 0.4) is 0 Å². The van der Waals surface area contributed by atoms with Crippen molar-refractivity contribution in [2.75, 3.05) is 16.8 Å². The third-order valence-electron chi connectivity index (χ3n) is 13.5. The van der Waals surface area contributed by atoms with Gasteiger partial charge in [-0.1, -0.05) is 139 Å². The molecule has 1 spiro atoms. The quantitative estimate of drug-likeness (QED) is 0.165.